The first-order valence-electron chi connectivity index (χ1n) is 13.2. The molecule has 4 fully saturated rings. The molecule has 0 aliphatic heterocycles. The molecule has 0 amide bonds. The third kappa shape index (κ3) is 3.10. The van der Waals surface area contributed by atoms with Crippen LogP contribution in [0.5, 0.6) is 0 Å². The van der Waals surface area contributed by atoms with Gasteiger partial charge in [-0.25, -0.2) is 0 Å². The molecule has 2 nitrogen and oxygen atoms in total. The first-order chi connectivity index (χ1) is 14.6. The molecule has 0 bridgehead atoms. The Hall–Kier alpha value is -0.890. The lowest BCUT2D eigenvalue weighted by Gasteiger charge is -2.59. The van der Waals surface area contributed by atoms with Crippen LogP contribution < -0.4 is 0 Å². The number of carbonyl (C=O) groups excluding carboxylic acids is 1. The maximum atomic E-state index is 12.8. The summed E-state index contributed by atoms with van der Waals surface area (Å²) >= 11 is 0. The second kappa shape index (κ2) is 7.31. The van der Waals surface area contributed by atoms with Gasteiger partial charge < -0.3 is 5.11 Å². The highest BCUT2D eigenvalue weighted by Crippen LogP contribution is 2.72. The molecule has 0 aromatic rings. The first kappa shape index (κ1) is 21.9. The molecule has 1 spiro atoms. The van der Waals surface area contributed by atoms with E-state index in [0.717, 1.165) is 38.5 Å². The smallest absolute Gasteiger partial charge is 0.143 e. The van der Waals surface area contributed by atoms with Crippen LogP contribution in [0.4, 0.5) is 0 Å². The largest absolute Gasteiger partial charge is 0.393 e. The van der Waals surface area contributed by atoms with Crippen molar-refractivity contribution in [3.63, 3.8) is 0 Å². The average molecular weight is 425 g/mol. The average Bonchev–Trinajstić information content (AvgIpc) is 3.44. The predicted octanol–water partition coefficient (Wildman–Crippen LogP) is 6.88. The summed E-state index contributed by atoms with van der Waals surface area (Å²) in [7, 11) is 0. The lowest BCUT2D eigenvalue weighted by atomic mass is 9.45. The van der Waals surface area contributed by atoms with Crippen molar-refractivity contribution in [2.75, 3.05) is 0 Å². The zero-order valence-corrected chi connectivity index (χ0v) is 20.5. The van der Waals surface area contributed by atoms with E-state index in [1.807, 2.05) is 0 Å². The molecule has 0 aromatic heterocycles. The molecular weight excluding hydrogens is 380 g/mol. The topological polar surface area (TPSA) is 37.3 Å². The van der Waals surface area contributed by atoms with Gasteiger partial charge in [0.2, 0.25) is 0 Å². The van der Waals surface area contributed by atoms with E-state index in [9.17, 15) is 9.90 Å². The Morgan fingerprint density at radius 2 is 1.97 bits per heavy atom. The van der Waals surface area contributed by atoms with Crippen molar-refractivity contribution in [2.24, 2.45) is 45.8 Å². The van der Waals surface area contributed by atoms with E-state index in [1.54, 1.807) is 0 Å². The molecule has 0 heterocycles. The van der Waals surface area contributed by atoms with Crippen LogP contribution in [0.2, 0.25) is 0 Å². The highest BCUT2D eigenvalue weighted by molar-refractivity contribution is 5.92. The number of hydrogen-bond acceptors (Lipinski definition) is 2. The molecule has 172 valence electrons. The Labute approximate surface area is 190 Å². The van der Waals surface area contributed by atoms with Crippen LogP contribution in [0.15, 0.2) is 23.3 Å². The fourth-order valence-corrected chi connectivity index (χ4v) is 9.43. The second-order valence-corrected chi connectivity index (χ2v) is 12.9. The third-order valence-electron chi connectivity index (χ3n) is 11.1. The zero-order valence-electron chi connectivity index (χ0n) is 20.5. The quantitative estimate of drug-likeness (QED) is 0.500. The molecule has 1 unspecified atom stereocenters. The van der Waals surface area contributed by atoms with Gasteiger partial charge in [-0.1, -0.05) is 44.1 Å². The Balaban J connectivity index is 1.41. The zero-order chi connectivity index (χ0) is 22.2. The molecule has 31 heavy (non-hydrogen) atoms. The standard InChI is InChI=1S/C29H44O2/c1-18(2)7-6-8-19(3)22-17-23(30)26-20-9-10-24-27(4,21(20)11-13-28(22,26)5)14-12-25(31)29(24)15-16-29/h7,10,19-23,26,30H,6,8-9,11-17H2,1-5H3/t19-,20-,21+,22-,23?,26-,27-,28-/m1/s1. The molecule has 5 aliphatic carbocycles. The van der Waals surface area contributed by atoms with E-state index < -0.39 is 0 Å². The number of allylic oxidation sites excluding steroid dienone is 4. The SMILES string of the molecule is CC(C)=CCC[C@@H](C)[C@H]1CC(O)[C@H]2[C@@H]3CC=C4C5(CC5)C(=O)CC[C@]4(C)[C@H]3CC[C@]12C. The van der Waals surface area contributed by atoms with Crippen LogP contribution in [0.1, 0.15) is 98.8 Å². The summed E-state index contributed by atoms with van der Waals surface area (Å²) in [6, 6.07) is 0. The van der Waals surface area contributed by atoms with Gasteiger partial charge in [-0.2, -0.15) is 0 Å². The Bertz CT molecular complexity index is 813. The normalized spacial score (nSPS) is 45.9. The van der Waals surface area contributed by atoms with E-state index in [0.29, 0.717) is 35.4 Å². The molecule has 5 aliphatic rings. The summed E-state index contributed by atoms with van der Waals surface area (Å²) in [5, 5.41) is 11.4. The van der Waals surface area contributed by atoms with E-state index in [4.69, 9.17) is 0 Å². The highest BCUT2D eigenvalue weighted by Gasteiger charge is 2.66. The number of carbonyl (C=O) groups is 1. The summed E-state index contributed by atoms with van der Waals surface area (Å²) in [4.78, 5) is 12.8. The molecule has 2 heteroatoms. The molecule has 0 radical (unpaired) electrons. The van der Waals surface area contributed by atoms with Crippen LogP contribution in [-0.4, -0.2) is 17.0 Å². The summed E-state index contributed by atoms with van der Waals surface area (Å²) < 4.78 is 0. The summed E-state index contributed by atoms with van der Waals surface area (Å²) in [5.41, 5.74) is 3.35. The number of rotatable bonds is 4. The van der Waals surface area contributed by atoms with Gasteiger partial charge in [0.25, 0.3) is 0 Å². The van der Waals surface area contributed by atoms with E-state index >= 15 is 0 Å². The van der Waals surface area contributed by atoms with Gasteiger partial charge >= 0.3 is 0 Å². The summed E-state index contributed by atoms with van der Waals surface area (Å²) in [6.07, 6.45) is 15.8. The number of aliphatic hydroxyl groups is 1. The summed E-state index contributed by atoms with van der Waals surface area (Å²) in [6.45, 7) is 11.9. The van der Waals surface area contributed by atoms with Crippen molar-refractivity contribution in [3.8, 4) is 0 Å². The first-order valence-corrected chi connectivity index (χ1v) is 13.2. The van der Waals surface area contributed by atoms with Crippen LogP contribution in [0.3, 0.4) is 0 Å². The Kier molecular flexibility index (Phi) is 5.17. The maximum absolute atomic E-state index is 12.8. The van der Waals surface area contributed by atoms with Gasteiger partial charge in [0.1, 0.15) is 5.78 Å². The molecular formula is C29H44O2. The Morgan fingerprint density at radius 3 is 2.65 bits per heavy atom. The number of Topliss-reactive ketones (excluding diaryl/α,β-unsaturated/α-hetero) is 1. The minimum atomic E-state index is -0.146. The van der Waals surface area contributed by atoms with Crippen molar-refractivity contribution < 1.29 is 9.90 Å². The lowest BCUT2D eigenvalue weighted by Crippen LogP contribution is -2.53. The monoisotopic (exact) mass is 424 g/mol. The minimum Gasteiger partial charge on any atom is -0.393 e. The van der Waals surface area contributed by atoms with E-state index in [2.05, 4.69) is 46.8 Å². The van der Waals surface area contributed by atoms with Crippen molar-refractivity contribution in [1.29, 1.82) is 0 Å². The fourth-order valence-electron chi connectivity index (χ4n) is 9.43. The third-order valence-corrected chi connectivity index (χ3v) is 11.1. The van der Waals surface area contributed by atoms with Crippen molar-refractivity contribution in [3.05, 3.63) is 23.3 Å². The lowest BCUT2D eigenvalue weighted by molar-refractivity contribution is -0.129. The van der Waals surface area contributed by atoms with Gasteiger partial charge in [0.05, 0.1) is 11.5 Å². The molecule has 5 rings (SSSR count). The molecule has 1 N–H and O–H groups in total. The van der Waals surface area contributed by atoms with Gasteiger partial charge in [0, 0.05) is 6.42 Å². The fraction of sp³-hybridized carbons (Fsp3) is 0.828. The summed E-state index contributed by atoms with van der Waals surface area (Å²) in [5.74, 6) is 3.53. The van der Waals surface area contributed by atoms with Crippen LogP contribution >= 0.6 is 0 Å². The van der Waals surface area contributed by atoms with Crippen molar-refractivity contribution in [2.45, 2.75) is 105 Å². The van der Waals surface area contributed by atoms with Crippen LogP contribution in [0, 0.1) is 45.8 Å². The molecule has 8 atom stereocenters. The van der Waals surface area contributed by atoms with Crippen LogP contribution in [0.25, 0.3) is 0 Å². The number of hydrogen-bond donors (Lipinski definition) is 1. The molecule has 0 aromatic carbocycles. The van der Waals surface area contributed by atoms with E-state index in [1.165, 1.54) is 36.8 Å². The van der Waals surface area contributed by atoms with Crippen LogP contribution in [-0.2, 0) is 4.79 Å². The second-order valence-electron chi connectivity index (χ2n) is 12.9. The number of ketones is 1. The number of fused-ring (bicyclic) bond motifs is 6. The van der Waals surface area contributed by atoms with E-state index in [-0.39, 0.29) is 22.3 Å². The van der Waals surface area contributed by atoms with Gasteiger partial charge in [-0.3, -0.25) is 4.79 Å². The molecule has 4 saturated carbocycles. The van der Waals surface area contributed by atoms with Crippen molar-refractivity contribution >= 4 is 5.78 Å². The van der Waals surface area contributed by atoms with Crippen molar-refractivity contribution in [1.82, 2.24) is 0 Å². The molecule has 0 saturated heterocycles. The highest BCUT2D eigenvalue weighted by atomic mass is 16.3. The number of aliphatic hydroxyl groups excluding tert-OH is 1. The van der Waals surface area contributed by atoms with Gasteiger partial charge in [0.15, 0.2) is 0 Å². The predicted molar refractivity (Wildman–Crippen MR) is 126 cm³/mol. The van der Waals surface area contributed by atoms with Gasteiger partial charge in [-0.15, -0.1) is 0 Å². The minimum absolute atomic E-state index is 0.0605. The van der Waals surface area contributed by atoms with Gasteiger partial charge in [-0.05, 0) is 112 Å². The Morgan fingerprint density at radius 1 is 1.23 bits per heavy atom. The maximum Gasteiger partial charge on any atom is 0.143 e.